The third-order valence-corrected chi connectivity index (χ3v) is 5.05. The molecule has 0 bridgehead atoms. The van der Waals surface area contributed by atoms with Gasteiger partial charge in [0.05, 0.1) is 5.69 Å². The first-order chi connectivity index (χ1) is 13.5. The lowest BCUT2D eigenvalue weighted by molar-refractivity contribution is -0.124. The Morgan fingerprint density at radius 2 is 1.97 bits per heavy atom. The van der Waals surface area contributed by atoms with Crippen LogP contribution in [0.5, 0.6) is 0 Å². The number of hydrogen-bond acceptors (Lipinski definition) is 5. The lowest BCUT2D eigenvalue weighted by atomic mass is 9.86. The van der Waals surface area contributed by atoms with Gasteiger partial charge in [-0.25, -0.2) is 4.98 Å². The fourth-order valence-corrected chi connectivity index (χ4v) is 3.45. The van der Waals surface area contributed by atoms with Crippen LogP contribution in [-0.2, 0) is 17.9 Å². The van der Waals surface area contributed by atoms with E-state index < -0.39 is 11.5 Å². The van der Waals surface area contributed by atoms with Gasteiger partial charge in [-0.1, -0.05) is 26.8 Å². The van der Waals surface area contributed by atoms with Crippen molar-refractivity contribution in [2.45, 2.75) is 46.3 Å². The number of likely N-dealkylation sites (N-methyl/N-ethyl adjacent to an activating group) is 2. The predicted molar refractivity (Wildman–Crippen MR) is 116 cm³/mol. The molecule has 162 valence electrons. The van der Waals surface area contributed by atoms with Crippen molar-refractivity contribution in [3.05, 3.63) is 23.3 Å². The number of rotatable bonds is 6. The summed E-state index contributed by atoms with van der Waals surface area (Å²) in [5, 5.41) is 5.57. The molecule has 0 fully saturated rings. The number of imidazole rings is 1. The van der Waals surface area contributed by atoms with Gasteiger partial charge >= 0.3 is 0 Å². The molecular formula is C21H36N6O2. The van der Waals surface area contributed by atoms with E-state index in [0.717, 1.165) is 37.6 Å². The molecule has 1 atom stereocenters. The van der Waals surface area contributed by atoms with Crippen LogP contribution in [0.3, 0.4) is 0 Å². The van der Waals surface area contributed by atoms with E-state index >= 15 is 0 Å². The molecule has 29 heavy (non-hydrogen) atoms. The summed E-state index contributed by atoms with van der Waals surface area (Å²) in [6, 6.07) is -0.645. The van der Waals surface area contributed by atoms with E-state index in [1.54, 1.807) is 7.05 Å². The average molecular weight is 405 g/mol. The fourth-order valence-electron chi connectivity index (χ4n) is 3.45. The highest BCUT2D eigenvalue weighted by Gasteiger charge is 2.34. The van der Waals surface area contributed by atoms with E-state index in [0.29, 0.717) is 12.2 Å². The molecule has 2 rings (SSSR count). The molecule has 0 radical (unpaired) electrons. The summed E-state index contributed by atoms with van der Waals surface area (Å²) in [5.41, 5.74) is 0.885. The monoisotopic (exact) mass is 404 g/mol. The summed E-state index contributed by atoms with van der Waals surface area (Å²) in [6.07, 6.45) is 5.03. The van der Waals surface area contributed by atoms with Crippen LogP contribution in [0.1, 0.15) is 49.2 Å². The molecule has 0 spiro atoms. The van der Waals surface area contributed by atoms with Gasteiger partial charge in [0.15, 0.2) is 5.69 Å². The van der Waals surface area contributed by atoms with Crippen LogP contribution in [0.2, 0.25) is 0 Å². The van der Waals surface area contributed by atoms with E-state index in [-0.39, 0.29) is 11.8 Å². The van der Waals surface area contributed by atoms with Gasteiger partial charge in [-0.05, 0) is 45.6 Å². The standard InChI is InChI=1S/C21H36N6O2/c1-21(2,3)18(20(29)22-4)24-19(28)17-15-14-26(7)12-9-13-27(15)16(23-17)10-8-11-25(5)6/h8,10,18H,9,11-14H2,1-7H3,(H,22,29)(H,24,28). The summed E-state index contributed by atoms with van der Waals surface area (Å²) in [6.45, 7) is 9.04. The topological polar surface area (TPSA) is 82.5 Å². The van der Waals surface area contributed by atoms with Crippen LogP contribution >= 0.6 is 0 Å². The van der Waals surface area contributed by atoms with Crippen molar-refractivity contribution in [1.29, 1.82) is 0 Å². The van der Waals surface area contributed by atoms with Crippen molar-refractivity contribution in [2.75, 3.05) is 41.3 Å². The van der Waals surface area contributed by atoms with Crippen LogP contribution in [0.4, 0.5) is 0 Å². The quantitative estimate of drug-likeness (QED) is 0.744. The molecule has 8 nitrogen and oxygen atoms in total. The number of aromatic nitrogens is 2. The summed E-state index contributed by atoms with van der Waals surface area (Å²) in [5.74, 6) is 0.272. The minimum atomic E-state index is -0.645. The van der Waals surface area contributed by atoms with Crippen molar-refractivity contribution in [3.8, 4) is 0 Å². The van der Waals surface area contributed by atoms with Crippen molar-refractivity contribution < 1.29 is 9.59 Å². The first kappa shape index (κ1) is 23.1. The molecule has 0 saturated heterocycles. The van der Waals surface area contributed by atoms with Crippen LogP contribution in [-0.4, -0.2) is 78.5 Å². The predicted octanol–water partition coefficient (Wildman–Crippen LogP) is 1.18. The van der Waals surface area contributed by atoms with Crippen LogP contribution in [0.15, 0.2) is 6.08 Å². The Labute approximate surface area is 174 Å². The third-order valence-electron chi connectivity index (χ3n) is 5.05. The lowest BCUT2D eigenvalue weighted by Crippen LogP contribution is -2.53. The molecular weight excluding hydrogens is 368 g/mol. The Bertz CT molecular complexity index is 760. The lowest BCUT2D eigenvalue weighted by Gasteiger charge is -2.29. The van der Waals surface area contributed by atoms with Gasteiger partial charge in [0.1, 0.15) is 11.9 Å². The van der Waals surface area contributed by atoms with E-state index in [9.17, 15) is 9.59 Å². The molecule has 0 saturated carbocycles. The summed E-state index contributed by atoms with van der Waals surface area (Å²) >= 11 is 0. The maximum atomic E-state index is 13.2. The van der Waals surface area contributed by atoms with Gasteiger partial charge in [0, 0.05) is 26.7 Å². The smallest absolute Gasteiger partial charge is 0.272 e. The maximum Gasteiger partial charge on any atom is 0.272 e. The van der Waals surface area contributed by atoms with Gasteiger partial charge in [-0.3, -0.25) is 9.59 Å². The second kappa shape index (κ2) is 9.54. The number of hydrogen-bond donors (Lipinski definition) is 2. The summed E-state index contributed by atoms with van der Waals surface area (Å²) in [4.78, 5) is 34.5. The number of carbonyl (C=O) groups is 2. The Hall–Kier alpha value is -2.19. The molecule has 0 aliphatic carbocycles. The van der Waals surface area contributed by atoms with E-state index in [1.807, 2.05) is 54.1 Å². The van der Waals surface area contributed by atoms with Crippen molar-refractivity contribution in [1.82, 2.24) is 30.0 Å². The molecule has 1 aromatic rings. The molecule has 1 aliphatic heterocycles. The van der Waals surface area contributed by atoms with Crippen molar-refractivity contribution in [3.63, 3.8) is 0 Å². The van der Waals surface area contributed by atoms with Crippen molar-refractivity contribution in [2.24, 2.45) is 5.41 Å². The summed E-state index contributed by atoms with van der Waals surface area (Å²) < 4.78 is 2.14. The number of nitrogens with zero attached hydrogens (tertiary/aromatic N) is 4. The van der Waals surface area contributed by atoms with Crippen molar-refractivity contribution >= 4 is 17.9 Å². The molecule has 1 unspecified atom stereocenters. The first-order valence-corrected chi connectivity index (χ1v) is 10.2. The Kier molecular flexibility index (Phi) is 7.60. The Morgan fingerprint density at radius 3 is 2.55 bits per heavy atom. The van der Waals surface area contributed by atoms with E-state index in [4.69, 9.17) is 0 Å². The van der Waals surface area contributed by atoms with E-state index in [2.05, 4.69) is 30.0 Å². The largest absolute Gasteiger partial charge is 0.357 e. The highest BCUT2D eigenvalue weighted by molar-refractivity contribution is 5.97. The van der Waals surface area contributed by atoms with Gasteiger partial charge in [-0.15, -0.1) is 0 Å². The van der Waals surface area contributed by atoms with Crippen LogP contribution in [0, 0.1) is 5.41 Å². The zero-order valence-electron chi connectivity index (χ0n) is 18.9. The summed E-state index contributed by atoms with van der Waals surface area (Å²) in [7, 11) is 7.65. The highest BCUT2D eigenvalue weighted by Crippen LogP contribution is 2.23. The Balaban J connectivity index is 2.40. The normalized spacial score (nSPS) is 16.6. The average Bonchev–Trinajstić information content (AvgIpc) is 2.83. The number of amides is 2. The third kappa shape index (κ3) is 5.90. The van der Waals surface area contributed by atoms with Gasteiger partial charge < -0.3 is 25.0 Å². The van der Waals surface area contributed by atoms with Gasteiger partial charge in [0.2, 0.25) is 5.91 Å². The van der Waals surface area contributed by atoms with Crippen LogP contribution in [0.25, 0.3) is 6.08 Å². The number of nitrogens with one attached hydrogen (secondary N) is 2. The SMILES string of the molecule is CNC(=O)C(NC(=O)c1nc(C=CCN(C)C)n2c1CN(C)CCC2)C(C)(C)C. The highest BCUT2D eigenvalue weighted by atomic mass is 16.2. The number of fused-ring (bicyclic) bond motifs is 1. The van der Waals surface area contributed by atoms with Crippen LogP contribution < -0.4 is 10.6 Å². The molecule has 2 N–H and O–H groups in total. The molecule has 1 aliphatic rings. The maximum absolute atomic E-state index is 13.2. The van der Waals surface area contributed by atoms with Gasteiger partial charge in [-0.2, -0.15) is 0 Å². The minimum Gasteiger partial charge on any atom is -0.357 e. The molecule has 2 heterocycles. The first-order valence-electron chi connectivity index (χ1n) is 10.2. The second-order valence-electron chi connectivity index (χ2n) is 9.06. The second-order valence-corrected chi connectivity index (χ2v) is 9.06. The van der Waals surface area contributed by atoms with Gasteiger partial charge in [0.25, 0.3) is 5.91 Å². The molecule has 1 aromatic heterocycles. The Morgan fingerprint density at radius 1 is 1.28 bits per heavy atom. The zero-order chi connectivity index (χ0) is 21.8. The fraction of sp³-hybridized carbons (Fsp3) is 0.667. The number of carbonyl (C=O) groups excluding carboxylic acids is 2. The minimum absolute atomic E-state index is 0.209. The van der Waals surface area contributed by atoms with E-state index in [1.165, 1.54) is 0 Å². The zero-order valence-corrected chi connectivity index (χ0v) is 18.9. The molecule has 0 aromatic carbocycles. The molecule has 2 amide bonds. The molecule has 8 heteroatoms.